The minimum atomic E-state index is -0.295. The highest BCUT2D eigenvalue weighted by molar-refractivity contribution is 7.20. The van der Waals surface area contributed by atoms with Gasteiger partial charge in [-0.15, -0.1) is 5.10 Å². The Balaban J connectivity index is 1.54. The van der Waals surface area contributed by atoms with Crippen LogP contribution in [0.15, 0.2) is 35.3 Å². The summed E-state index contributed by atoms with van der Waals surface area (Å²) in [4.78, 5) is 35.8. The molecule has 9 heteroatoms. The van der Waals surface area contributed by atoms with Crippen LogP contribution in [0.5, 0.6) is 0 Å². The smallest absolute Gasteiger partial charge is 0.275 e. The van der Waals surface area contributed by atoms with Crippen LogP contribution in [0.3, 0.4) is 0 Å². The maximum atomic E-state index is 12.7. The highest BCUT2D eigenvalue weighted by Crippen LogP contribution is 2.29. The summed E-state index contributed by atoms with van der Waals surface area (Å²) in [5.41, 5.74) is 1.28. The van der Waals surface area contributed by atoms with Crippen LogP contribution in [0.4, 0.5) is 5.13 Å². The standard InChI is InChI=1S/C17H18N6O2S/c1-11-9-14(24)23-16(20-11)26-17(21-23)22-8-4-6-13(22)15(25)19-10-12-5-2-3-7-18-12/h2-3,5,7,9,13H,4,6,8,10H2,1H3,(H,19,25). The van der Waals surface area contributed by atoms with E-state index in [2.05, 4.69) is 20.4 Å². The lowest BCUT2D eigenvalue weighted by Gasteiger charge is -2.22. The molecule has 8 nitrogen and oxygen atoms in total. The topological polar surface area (TPSA) is 92.5 Å². The molecule has 0 radical (unpaired) electrons. The van der Waals surface area contributed by atoms with Crippen LogP contribution in [-0.2, 0) is 11.3 Å². The number of amides is 1. The van der Waals surface area contributed by atoms with Crippen molar-refractivity contribution in [3.05, 3.63) is 52.2 Å². The first-order valence-corrected chi connectivity index (χ1v) is 9.25. The van der Waals surface area contributed by atoms with Gasteiger partial charge < -0.3 is 10.2 Å². The zero-order chi connectivity index (χ0) is 18.1. The summed E-state index contributed by atoms with van der Waals surface area (Å²) in [7, 11) is 0. The van der Waals surface area contributed by atoms with Gasteiger partial charge in [-0.25, -0.2) is 4.98 Å². The van der Waals surface area contributed by atoms with E-state index in [4.69, 9.17) is 0 Å². The van der Waals surface area contributed by atoms with Crippen molar-refractivity contribution in [3.8, 4) is 0 Å². The maximum absolute atomic E-state index is 12.7. The van der Waals surface area contributed by atoms with E-state index in [1.807, 2.05) is 23.1 Å². The van der Waals surface area contributed by atoms with Crippen molar-refractivity contribution in [2.45, 2.75) is 32.4 Å². The highest BCUT2D eigenvalue weighted by atomic mass is 32.1. The first-order valence-electron chi connectivity index (χ1n) is 8.43. The van der Waals surface area contributed by atoms with E-state index in [0.717, 1.165) is 25.1 Å². The molecule has 3 aromatic rings. The Kier molecular flexibility index (Phi) is 4.37. The number of anilines is 1. The van der Waals surface area contributed by atoms with Gasteiger partial charge in [0.15, 0.2) is 0 Å². The molecule has 1 atom stereocenters. The number of hydrogen-bond donors (Lipinski definition) is 1. The van der Waals surface area contributed by atoms with Gasteiger partial charge in [0.1, 0.15) is 6.04 Å². The van der Waals surface area contributed by atoms with Crippen molar-refractivity contribution in [1.82, 2.24) is 24.9 Å². The van der Waals surface area contributed by atoms with Crippen molar-refractivity contribution in [2.24, 2.45) is 0 Å². The van der Waals surface area contributed by atoms with E-state index in [0.29, 0.717) is 22.3 Å². The normalized spacial score (nSPS) is 17.0. The minimum Gasteiger partial charge on any atom is -0.349 e. The predicted molar refractivity (Wildman–Crippen MR) is 98.3 cm³/mol. The summed E-state index contributed by atoms with van der Waals surface area (Å²) < 4.78 is 1.30. The molecule has 0 saturated carbocycles. The summed E-state index contributed by atoms with van der Waals surface area (Å²) in [5, 5.41) is 7.97. The summed E-state index contributed by atoms with van der Waals surface area (Å²) in [5.74, 6) is -0.0519. The molecule has 0 spiro atoms. The Morgan fingerprint density at radius 1 is 1.42 bits per heavy atom. The van der Waals surface area contributed by atoms with Gasteiger partial charge in [0, 0.05) is 24.5 Å². The SMILES string of the molecule is Cc1cc(=O)n2nc(N3CCCC3C(=O)NCc3ccccn3)sc2n1. The molecular formula is C17H18N6O2S. The quantitative estimate of drug-likeness (QED) is 0.740. The van der Waals surface area contributed by atoms with Crippen LogP contribution in [0, 0.1) is 6.92 Å². The Morgan fingerprint density at radius 2 is 2.31 bits per heavy atom. The van der Waals surface area contributed by atoms with Crippen LogP contribution < -0.4 is 15.8 Å². The molecule has 1 aliphatic rings. The first kappa shape index (κ1) is 16.6. The zero-order valence-corrected chi connectivity index (χ0v) is 15.1. The van der Waals surface area contributed by atoms with Crippen LogP contribution in [0.1, 0.15) is 24.2 Å². The van der Waals surface area contributed by atoms with Crippen LogP contribution in [0.25, 0.3) is 4.96 Å². The van der Waals surface area contributed by atoms with E-state index in [9.17, 15) is 9.59 Å². The molecule has 1 aliphatic heterocycles. The van der Waals surface area contributed by atoms with E-state index in [1.54, 1.807) is 13.1 Å². The molecule has 0 aromatic carbocycles. The summed E-state index contributed by atoms with van der Waals surface area (Å²) >= 11 is 1.33. The molecule has 0 bridgehead atoms. The van der Waals surface area contributed by atoms with Gasteiger partial charge in [-0.3, -0.25) is 14.6 Å². The molecule has 26 heavy (non-hydrogen) atoms. The lowest BCUT2D eigenvalue weighted by molar-refractivity contribution is -0.122. The Bertz CT molecular complexity index is 999. The molecular weight excluding hydrogens is 352 g/mol. The molecule has 0 aliphatic carbocycles. The van der Waals surface area contributed by atoms with Crippen LogP contribution >= 0.6 is 11.3 Å². The van der Waals surface area contributed by atoms with Crippen molar-refractivity contribution in [1.29, 1.82) is 0 Å². The van der Waals surface area contributed by atoms with E-state index < -0.39 is 0 Å². The predicted octanol–water partition coefficient (Wildman–Crippen LogP) is 1.14. The number of rotatable bonds is 4. The van der Waals surface area contributed by atoms with Crippen LogP contribution in [-0.4, -0.2) is 38.1 Å². The number of aromatic nitrogens is 4. The average Bonchev–Trinajstić information content (AvgIpc) is 3.27. The number of carbonyl (C=O) groups excluding carboxylic acids is 1. The Hall–Kier alpha value is -2.81. The monoisotopic (exact) mass is 370 g/mol. The van der Waals surface area contributed by atoms with Gasteiger partial charge in [0.05, 0.1) is 12.2 Å². The van der Waals surface area contributed by atoms with Crippen molar-refractivity contribution < 1.29 is 4.79 Å². The second-order valence-electron chi connectivity index (χ2n) is 6.21. The molecule has 1 saturated heterocycles. The van der Waals surface area contributed by atoms with Crippen molar-refractivity contribution >= 4 is 27.3 Å². The fourth-order valence-corrected chi connectivity index (χ4v) is 4.12. The van der Waals surface area contributed by atoms with Gasteiger partial charge in [-0.05, 0) is 31.9 Å². The van der Waals surface area contributed by atoms with Crippen LogP contribution in [0.2, 0.25) is 0 Å². The summed E-state index contributed by atoms with van der Waals surface area (Å²) in [6, 6.07) is 6.77. The first-order chi connectivity index (χ1) is 12.6. The van der Waals surface area contributed by atoms with E-state index in [-0.39, 0.29) is 17.5 Å². The van der Waals surface area contributed by atoms with E-state index in [1.165, 1.54) is 21.9 Å². The molecule has 1 amide bonds. The molecule has 3 aromatic heterocycles. The molecule has 134 valence electrons. The molecule has 4 rings (SSSR count). The Labute approximate surface area is 153 Å². The van der Waals surface area contributed by atoms with Gasteiger partial charge >= 0.3 is 0 Å². The second kappa shape index (κ2) is 6.83. The number of aryl methyl sites for hydroxylation is 1. The number of pyridine rings is 1. The highest BCUT2D eigenvalue weighted by Gasteiger charge is 2.33. The summed E-state index contributed by atoms with van der Waals surface area (Å²) in [6.07, 6.45) is 3.36. The average molecular weight is 370 g/mol. The largest absolute Gasteiger partial charge is 0.349 e. The fraction of sp³-hybridized carbons (Fsp3) is 0.353. The third kappa shape index (κ3) is 3.17. The Morgan fingerprint density at radius 3 is 3.12 bits per heavy atom. The molecule has 4 heterocycles. The van der Waals surface area contributed by atoms with Gasteiger partial charge in [0.2, 0.25) is 16.0 Å². The molecule has 1 fully saturated rings. The second-order valence-corrected chi connectivity index (χ2v) is 7.14. The molecule has 1 unspecified atom stereocenters. The van der Waals surface area contributed by atoms with Gasteiger partial charge in [0.25, 0.3) is 5.56 Å². The van der Waals surface area contributed by atoms with Gasteiger partial charge in [-0.1, -0.05) is 17.4 Å². The van der Waals surface area contributed by atoms with Crippen molar-refractivity contribution in [3.63, 3.8) is 0 Å². The third-order valence-corrected chi connectivity index (χ3v) is 5.28. The number of nitrogens with one attached hydrogen (secondary N) is 1. The molecule has 1 N–H and O–H groups in total. The minimum absolute atomic E-state index is 0.0519. The maximum Gasteiger partial charge on any atom is 0.275 e. The lowest BCUT2D eigenvalue weighted by Crippen LogP contribution is -2.43. The zero-order valence-electron chi connectivity index (χ0n) is 14.3. The van der Waals surface area contributed by atoms with E-state index >= 15 is 0 Å². The third-order valence-electron chi connectivity index (χ3n) is 4.33. The van der Waals surface area contributed by atoms with Crippen molar-refractivity contribution in [2.75, 3.05) is 11.4 Å². The number of carbonyl (C=O) groups is 1. The van der Waals surface area contributed by atoms with Gasteiger partial charge in [-0.2, -0.15) is 4.52 Å². The number of fused-ring (bicyclic) bond motifs is 1. The number of hydrogen-bond acceptors (Lipinski definition) is 7. The lowest BCUT2D eigenvalue weighted by atomic mass is 10.2. The fourth-order valence-electron chi connectivity index (χ4n) is 3.09. The summed E-state index contributed by atoms with van der Waals surface area (Å²) in [6.45, 7) is 2.91. The number of nitrogens with zero attached hydrogens (tertiary/aromatic N) is 5.